The maximum absolute atomic E-state index is 12.0. The van der Waals surface area contributed by atoms with E-state index >= 15 is 0 Å². The van der Waals surface area contributed by atoms with Gasteiger partial charge in [-0.25, -0.2) is 0 Å². The fraction of sp³-hybridized carbons (Fsp3) is 0.750. The Labute approximate surface area is 106 Å². The van der Waals surface area contributed by atoms with E-state index in [0.29, 0.717) is 18.9 Å². The molecule has 6 nitrogen and oxygen atoms in total. The molecule has 2 fully saturated rings. The zero-order valence-corrected chi connectivity index (χ0v) is 10.5. The molecule has 0 aromatic heterocycles. The molecule has 100 valence electrons. The molecule has 2 aliphatic rings. The van der Waals surface area contributed by atoms with Gasteiger partial charge in [0.1, 0.15) is 6.04 Å². The molecule has 0 bridgehead atoms. The molecule has 2 rings (SSSR count). The first kappa shape index (κ1) is 13.0. The van der Waals surface area contributed by atoms with Gasteiger partial charge in [0.05, 0.1) is 5.92 Å². The molecule has 0 radical (unpaired) electrons. The number of carbonyl (C=O) groups excluding carboxylic acids is 3. The molecule has 6 heteroatoms. The Morgan fingerprint density at radius 3 is 2.78 bits per heavy atom. The summed E-state index contributed by atoms with van der Waals surface area (Å²) in [6, 6.07) is -0.563. The second kappa shape index (κ2) is 5.48. The van der Waals surface area contributed by atoms with E-state index in [1.54, 1.807) is 0 Å². The highest BCUT2D eigenvalue weighted by atomic mass is 16.2. The maximum atomic E-state index is 12.0. The summed E-state index contributed by atoms with van der Waals surface area (Å²) >= 11 is 0. The molecule has 3 N–H and O–H groups in total. The van der Waals surface area contributed by atoms with Gasteiger partial charge in [-0.1, -0.05) is 6.92 Å². The second-order valence-electron chi connectivity index (χ2n) is 5.21. The fourth-order valence-electron chi connectivity index (χ4n) is 2.48. The third kappa shape index (κ3) is 3.07. The van der Waals surface area contributed by atoms with Crippen molar-refractivity contribution in [2.24, 2.45) is 11.8 Å². The standard InChI is InChI=1S/C12H19N3O3/c1-7-4-8(6-13-5-7)11(17)14-9-2-3-10(16)15-12(9)18/h7-9,13H,2-6H2,1H3,(H,14,17)(H,15,16,18). The van der Waals surface area contributed by atoms with E-state index in [1.807, 2.05) is 0 Å². The molecule has 2 aliphatic heterocycles. The van der Waals surface area contributed by atoms with Crippen LogP contribution in [0.3, 0.4) is 0 Å². The number of hydrogen-bond acceptors (Lipinski definition) is 4. The summed E-state index contributed by atoms with van der Waals surface area (Å²) in [5, 5.41) is 8.18. The summed E-state index contributed by atoms with van der Waals surface area (Å²) in [5.74, 6) is -0.367. The van der Waals surface area contributed by atoms with Crippen LogP contribution >= 0.6 is 0 Å². The zero-order valence-electron chi connectivity index (χ0n) is 10.5. The van der Waals surface area contributed by atoms with Crippen molar-refractivity contribution in [3.63, 3.8) is 0 Å². The SMILES string of the molecule is CC1CNCC(C(=O)NC2CCC(=O)NC2=O)C1. The van der Waals surface area contributed by atoms with E-state index in [9.17, 15) is 14.4 Å². The van der Waals surface area contributed by atoms with E-state index in [0.717, 1.165) is 13.0 Å². The van der Waals surface area contributed by atoms with Crippen LogP contribution < -0.4 is 16.0 Å². The van der Waals surface area contributed by atoms with Crippen LogP contribution in [0.4, 0.5) is 0 Å². The Hall–Kier alpha value is -1.43. The summed E-state index contributed by atoms with van der Waals surface area (Å²) in [7, 11) is 0. The van der Waals surface area contributed by atoms with Crippen LogP contribution in [0.25, 0.3) is 0 Å². The summed E-state index contributed by atoms with van der Waals surface area (Å²) in [5.41, 5.74) is 0. The van der Waals surface area contributed by atoms with E-state index < -0.39 is 11.9 Å². The molecule has 0 saturated carbocycles. The molecule has 3 unspecified atom stereocenters. The molecule has 2 saturated heterocycles. The van der Waals surface area contributed by atoms with E-state index in [1.165, 1.54) is 0 Å². The Morgan fingerprint density at radius 2 is 2.11 bits per heavy atom. The Balaban J connectivity index is 1.87. The van der Waals surface area contributed by atoms with Gasteiger partial charge < -0.3 is 10.6 Å². The van der Waals surface area contributed by atoms with E-state index in [4.69, 9.17) is 0 Å². The van der Waals surface area contributed by atoms with Gasteiger partial charge in [0.15, 0.2) is 0 Å². The second-order valence-corrected chi connectivity index (χ2v) is 5.21. The Kier molecular flexibility index (Phi) is 3.96. The maximum Gasteiger partial charge on any atom is 0.249 e. The van der Waals surface area contributed by atoms with Crippen molar-refractivity contribution in [3.8, 4) is 0 Å². The molecule has 3 amide bonds. The number of hydrogen-bond donors (Lipinski definition) is 3. The Morgan fingerprint density at radius 1 is 1.33 bits per heavy atom. The van der Waals surface area contributed by atoms with Gasteiger partial charge in [0.25, 0.3) is 0 Å². The third-order valence-electron chi connectivity index (χ3n) is 3.50. The quantitative estimate of drug-likeness (QED) is 0.560. The van der Waals surface area contributed by atoms with Crippen LogP contribution in [0, 0.1) is 11.8 Å². The monoisotopic (exact) mass is 253 g/mol. The summed E-state index contributed by atoms with van der Waals surface area (Å²) in [6.45, 7) is 3.68. The lowest BCUT2D eigenvalue weighted by atomic mass is 9.91. The van der Waals surface area contributed by atoms with Gasteiger partial charge in [0.2, 0.25) is 17.7 Å². The van der Waals surface area contributed by atoms with Gasteiger partial charge >= 0.3 is 0 Å². The van der Waals surface area contributed by atoms with E-state index in [-0.39, 0.29) is 24.2 Å². The molecule has 0 aliphatic carbocycles. The van der Waals surface area contributed by atoms with Crippen molar-refractivity contribution in [2.45, 2.75) is 32.2 Å². The minimum absolute atomic E-state index is 0.0841. The molecular weight excluding hydrogens is 234 g/mol. The lowest BCUT2D eigenvalue weighted by Crippen LogP contribution is -2.54. The predicted molar refractivity (Wildman–Crippen MR) is 64.5 cm³/mol. The lowest BCUT2D eigenvalue weighted by Gasteiger charge is -2.29. The summed E-state index contributed by atoms with van der Waals surface area (Å²) in [4.78, 5) is 34.5. The van der Waals surface area contributed by atoms with Crippen molar-refractivity contribution >= 4 is 17.7 Å². The van der Waals surface area contributed by atoms with Crippen LogP contribution in [-0.4, -0.2) is 36.9 Å². The van der Waals surface area contributed by atoms with Gasteiger partial charge in [-0.3, -0.25) is 19.7 Å². The lowest BCUT2D eigenvalue weighted by molar-refractivity contribution is -0.138. The first-order valence-electron chi connectivity index (χ1n) is 6.41. The minimum atomic E-state index is -0.563. The van der Waals surface area contributed by atoms with Gasteiger partial charge in [0, 0.05) is 13.0 Å². The average molecular weight is 253 g/mol. The van der Waals surface area contributed by atoms with Gasteiger partial charge in [-0.15, -0.1) is 0 Å². The summed E-state index contributed by atoms with van der Waals surface area (Å²) in [6.07, 6.45) is 1.52. The highest BCUT2D eigenvalue weighted by Gasteiger charge is 2.31. The number of nitrogens with one attached hydrogen (secondary N) is 3. The number of rotatable bonds is 2. The third-order valence-corrected chi connectivity index (χ3v) is 3.50. The van der Waals surface area contributed by atoms with Crippen molar-refractivity contribution < 1.29 is 14.4 Å². The van der Waals surface area contributed by atoms with Gasteiger partial charge in [-0.05, 0) is 25.3 Å². The molecule has 0 aromatic carbocycles. The highest BCUT2D eigenvalue weighted by Crippen LogP contribution is 2.16. The molecule has 0 aromatic rings. The number of imide groups is 1. The predicted octanol–water partition coefficient (Wildman–Crippen LogP) is -0.847. The number of carbonyl (C=O) groups is 3. The highest BCUT2D eigenvalue weighted by molar-refractivity contribution is 6.01. The van der Waals surface area contributed by atoms with Crippen LogP contribution in [0.15, 0.2) is 0 Å². The normalized spacial score (nSPS) is 32.8. The number of piperidine rings is 2. The average Bonchev–Trinajstić information content (AvgIpc) is 2.32. The minimum Gasteiger partial charge on any atom is -0.344 e. The molecule has 18 heavy (non-hydrogen) atoms. The van der Waals surface area contributed by atoms with Crippen molar-refractivity contribution in [3.05, 3.63) is 0 Å². The Bertz CT molecular complexity index is 370. The first-order chi connectivity index (χ1) is 8.56. The van der Waals surface area contributed by atoms with Crippen molar-refractivity contribution in [2.75, 3.05) is 13.1 Å². The van der Waals surface area contributed by atoms with Crippen LogP contribution in [-0.2, 0) is 14.4 Å². The smallest absolute Gasteiger partial charge is 0.249 e. The van der Waals surface area contributed by atoms with Crippen LogP contribution in [0.1, 0.15) is 26.2 Å². The van der Waals surface area contributed by atoms with Crippen molar-refractivity contribution in [1.29, 1.82) is 0 Å². The van der Waals surface area contributed by atoms with Crippen LogP contribution in [0.5, 0.6) is 0 Å². The molecule has 0 spiro atoms. The van der Waals surface area contributed by atoms with E-state index in [2.05, 4.69) is 22.9 Å². The topological polar surface area (TPSA) is 87.3 Å². The van der Waals surface area contributed by atoms with Gasteiger partial charge in [-0.2, -0.15) is 0 Å². The summed E-state index contributed by atoms with van der Waals surface area (Å²) < 4.78 is 0. The molecule has 3 atom stereocenters. The zero-order chi connectivity index (χ0) is 13.1. The largest absolute Gasteiger partial charge is 0.344 e. The number of amides is 3. The fourth-order valence-corrected chi connectivity index (χ4v) is 2.48. The first-order valence-corrected chi connectivity index (χ1v) is 6.41. The van der Waals surface area contributed by atoms with Crippen LogP contribution in [0.2, 0.25) is 0 Å². The van der Waals surface area contributed by atoms with Crippen molar-refractivity contribution in [1.82, 2.24) is 16.0 Å². The molecular formula is C12H19N3O3. The molecule has 2 heterocycles.